The van der Waals surface area contributed by atoms with Crippen LogP contribution in [0.3, 0.4) is 0 Å². The van der Waals surface area contributed by atoms with Crippen LogP contribution >= 0.6 is 0 Å². The number of rotatable bonds is 5. The fourth-order valence-electron chi connectivity index (χ4n) is 1.53. The molecule has 2 amide bonds. The van der Waals surface area contributed by atoms with Gasteiger partial charge >= 0.3 is 6.03 Å². The summed E-state index contributed by atoms with van der Waals surface area (Å²) in [5, 5.41) is 13.9. The molecule has 0 heterocycles. The zero-order valence-corrected chi connectivity index (χ0v) is 11.4. The van der Waals surface area contributed by atoms with Gasteiger partial charge in [-0.25, -0.2) is 9.18 Å². The first-order valence-electron chi connectivity index (χ1n) is 6.05. The number of nitrogens with one attached hydrogen (secondary N) is 2. The molecule has 0 fully saturated rings. The fourth-order valence-corrected chi connectivity index (χ4v) is 1.53. The minimum atomic E-state index is -0.390. The van der Waals surface area contributed by atoms with Crippen molar-refractivity contribution in [1.29, 1.82) is 0 Å². The van der Waals surface area contributed by atoms with E-state index in [9.17, 15) is 9.18 Å². The second kappa shape index (κ2) is 6.94. The zero-order chi connectivity index (χ0) is 14.4. The van der Waals surface area contributed by atoms with Gasteiger partial charge in [0.05, 0.1) is 18.3 Å². The number of carbonyl (C=O) groups excluding carboxylic acids is 1. The van der Waals surface area contributed by atoms with Gasteiger partial charge in [-0.05, 0) is 24.6 Å². The fraction of sp³-hybridized carbons (Fsp3) is 0.462. The van der Waals surface area contributed by atoms with Crippen molar-refractivity contribution < 1.29 is 14.3 Å². The van der Waals surface area contributed by atoms with Crippen LogP contribution in [0.15, 0.2) is 18.2 Å². The lowest BCUT2D eigenvalue weighted by Crippen LogP contribution is -2.41. The van der Waals surface area contributed by atoms with E-state index < -0.39 is 6.03 Å². The molecule has 1 aromatic rings. The molecule has 0 aliphatic heterocycles. The van der Waals surface area contributed by atoms with Gasteiger partial charge in [0.15, 0.2) is 0 Å². The van der Waals surface area contributed by atoms with E-state index >= 15 is 0 Å². The van der Waals surface area contributed by atoms with Gasteiger partial charge in [0, 0.05) is 20.6 Å². The molecule has 1 aromatic carbocycles. The topological polar surface area (TPSA) is 64.6 Å². The second-order valence-corrected chi connectivity index (χ2v) is 4.59. The summed E-state index contributed by atoms with van der Waals surface area (Å²) >= 11 is 0. The standard InChI is InChI=1S/C13H20FN3O2/c1-9(8-18)16-13(19)15-7-10-4-5-12(17(2)3)11(14)6-10/h4-6,9,18H,7-8H2,1-3H3,(H2,15,16,19)/t9-/m0/s1. The van der Waals surface area contributed by atoms with Gasteiger partial charge in [-0.1, -0.05) is 6.07 Å². The van der Waals surface area contributed by atoms with E-state index in [4.69, 9.17) is 5.11 Å². The third kappa shape index (κ3) is 4.75. The highest BCUT2D eigenvalue weighted by Gasteiger charge is 2.08. The minimum absolute atomic E-state index is 0.125. The number of anilines is 1. The molecule has 0 radical (unpaired) electrons. The monoisotopic (exact) mass is 269 g/mol. The van der Waals surface area contributed by atoms with Gasteiger partial charge in [0.25, 0.3) is 0 Å². The van der Waals surface area contributed by atoms with E-state index in [1.54, 1.807) is 38.1 Å². The molecule has 0 saturated carbocycles. The maximum absolute atomic E-state index is 13.7. The first-order valence-corrected chi connectivity index (χ1v) is 6.05. The Hall–Kier alpha value is -1.82. The molecule has 6 heteroatoms. The third-order valence-electron chi connectivity index (χ3n) is 2.60. The highest BCUT2D eigenvalue weighted by Crippen LogP contribution is 2.18. The predicted octanol–water partition coefficient (Wildman–Crippen LogP) is 1.07. The summed E-state index contributed by atoms with van der Waals surface area (Å²) < 4.78 is 13.7. The highest BCUT2D eigenvalue weighted by molar-refractivity contribution is 5.74. The molecule has 0 aliphatic carbocycles. The molecule has 0 unspecified atom stereocenters. The maximum Gasteiger partial charge on any atom is 0.315 e. The lowest BCUT2D eigenvalue weighted by molar-refractivity contribution is 0.220. The molecule has 0 aliphatic rings. The van der Waals surface area contributed by atoms with Crippen molar-refractivity contribution in [3.8, 4) is 0 Å². The molecule has 1 rings (SSSR count). The Kier molecular flexibility index (Phi) is 5.57. The number of hydrogen-bond acceptors (Lipinski definition) is 3. The number of nitrogens with zero attached hydrogens (tertiary/aromatic N) is 1. The van der Waals surface area contributed by atoms with Crippen LogP contribution in [0.25, 0.3) is 0 Å². The number of urea groups is 1. The lowest BCUT2D eigenvalue weighted by Gasteiger charge is -2.15. The molecule has 0 spiro atoms. The molecule has 0 aromatic heterocycles. The van der Waals surface area contributed by atoms with Crippen LogP contribution < -0.4 is 15.5 Å². The van der Waals surface area contributed by atoms with Gasteiger partial charge in [-0.2, -0.15) is 0 Å². The van der Waals surface area contributed by atoms with Gasteiger partial charge in [-0.15, -0.1) is 0 Å². The van der Waals surface area contributed by atoms with E-state index in [0.29, 0.717) is 11.3 Å². The summed E-state index contributed by atoms with van der Waals surface area (Å²) in [5.74, 6) is -0.326. The summed E-state index contributed by atoms with van der Waals surface area (Å²) in [5.41, 5.74) is 1.18. The van der Waals surface area contributed by atoms with Gasteiger partial charge in [0.2, 0.25) is 0 Å². The molecule has 5 nitrogen and oxygen atoms in total. The summed E-state index contributed by atoms with van der Waals surface area (Å²) in [4.78, 5) is 13.1. The third-order valence-corrected chi connectivity index (χ3v) is 2.60. The van der Waals surface area contributed by atoms with Crippen molar-refractivity contribution in [2.75, 3.05) is 25.6 Å². The van der Waals surface area contributed by atoms with Crippen molar-refractivity contribution in [3.05, 3.63) is 29.6 Å². The average Bonchev–Trinajstić information content (AvgIpc) is 2.35. The van der Waals surface area contributed by atoms with E-state index in [2.05, 4.69) is 10.6 Å². The van der Waals surface area contributed by atoms with Crippen LogP contribution in [-0.2, 0) is 6.54 Å². The predicted molar refractivity (Wildman–Crippen MR) is 72.6 cm³/mol. The Balaban J connectivity index is 2.54. The molecule has 1 atom stereocenters. The minimum Gasteiger partial charge on any atom is -0.394 e. The van der Waals surface area contributed by atoms with Crippen molar-refractivity contribution in [3.63, 3.8) is 0 Å². The van der Waals surface area contributed by atoms with Crippen molar-refractivity contribution in [1.82, 2.24) is 10.6 Å². The van der Waals surface area contributed by atoms with Gasteiger partial charge < -0.3 is 20.6 Å². The first-order chi connectivity index (χ1) is 8.93. The van der Waals surface area contributed by atoms with E-state index in [-0.39, 0.29) is 25.0 Å². The quantitative estimate of drug-likeness (QED) is 0.749. The van der Waals surface area contributed by atoms with Crippen LogP contribution in [0, 0.1) is 5.82 Å². The lowest BCUT2D eigenvalue weighted by atomic mass is 10.2. The van der Waals surface area contributed by atoms with Crippen LogP contribution in [0.2, 0.25) is 0 Å². The number of amides is 2. The Morgan fingerprint density at radius 1 is 1.47 bits per heavy atom. The van der Waals surface area contributed by atoms with Crippen LogP contribution in [-0.4, -0.2) is 37.9 Å². The summed E-state index contributed by atoms with van der Waals surface area (Å²) in [6.45, 7) is 1.79. The SMILES string of the molecule is C[C@@H](CO)NC(=O)NCc1ccc(N(C)C)c(F)c1. The number of benzene rings is 1. The molecular weight excluding hydrogens is 249 g/mol. The Labute approximate surface area is 112 Å². The highest BCUT2D eigenvalue weighted by atomic mass is 19.1. The average molecular weight is 269 g/mol. The molecule has 0 bridgehead atoms. The maximum atomic E-state index is 13.7. The zero-order valence-electron chi connectivity index (χ0n) is 11.4. The smallest absolute Gasteiger partial charge is 0.315 e. The number of halogens is 1. The molecule has 106 valence electrons. The van der Waals surface area contributed by atoms with Gasteiger partial charge in [0.1, 0.15) is 5.82 Å². The van der Waals surface area contributed by atoms with Crippen molar-refractivity contribution in [2.24, 2.45) is 0 Å². The Morgan fingerprint density at radius 2 is 2.16 bits per heavy atom. The molecule has 19 heavy (non-hydrogen) atoms. The van der Waals surface area contributed by atoms with E-state index in [0.717, 1.165) is 0 Å². The number of aliphatic hydroxyl groups excluding tert-OH is 1. The number of hydrogen-bond donors (Lipinski definition) is 3. The van der Waals surface area contributed by atoms with Crippen LogP contribution in [0.4, 0.5) is 14.9 Å². The van der Waals surface area contributed by atoms with Crippen molar-refractivity contribution in [2.45, 2.75) is 19.5 Å². The van der Waals surface area contributed by atoms with Crippen LogP contribution in [0.1, 0.15) is 12.5 Å². The van der Waals surface area contributed by atoms with Crippen molar-refractivity contribution >= 4 is 11.7 Å². The number of aliphatic hydroxyl groups is 1. The molecule has 3 N–H and O–H groups in total. The van der Waals surface area contributed by atoms with Crippen LogP contribution in [0.5, 0.6) is 0 Å². The first kappa shape index (κ1) is 15.2. The Morgan fingerprint density at radius 3 is 2.68 bits per heavy atom. The summed E-state index contributed by atoms with van der Waals surface area (Å²) in [6.07, 6.45) is 0. The molecular formula is C13H20FN3O2. The largest absolute Gasteiger partial charge is 0.394 e. The Bertz CT molecular complexity index is 438. The molecule has 0 saturated heterocycles. The normalized spacial score (nSPS) is 11.8. The van der Waals surface area contributed by atoms with Gasteiger partial charge in [-0.3, -0.25) is 0 Å². The second-order valence-electron chi connectivity index (χ2n) is 4.59. The summed E-state index contributed by atoms with van der Waals surface area (Å²) in [6, 6.07) is 4.12. The number of carbonyl (C=O) groups is 1. The van der Waals surface area contributed by atoms with E-state index in [1.165, 1.54) is 6.07 Å². The summed E-state index contributed by atoms with van der Waals surface area (Å²) in [7, 11) is 3.53. The van der Waals surface area contributed by atoms with E-state index in [1.807, 2.05) is 0 Å².